The Hall–Kier alpha value is -3.81. The Bertz CT molecular complexity index is 1350. The normalized spacial score (nSPS) is 15.0. The van der Waals surface area contributed by atoms with Crippen LogP contribution in [0.4, 0.5) is 0 Å². The van der Waals surface area contributed by atoms with Crippen LogP contribution in [0.1, 0.15) is 58.3 Å². The van der Waals surface area contributed by atoms with E-state index in [-0.39, 0.29) is 29.1 Å². The smallest absolute Gasteiger partial charge is 0.337 e. The Morgan fingerprint density at radius 3 is 2.53 bits per heavy atom. The van der Waals surface area contributed by atoms with Crippen molar-refractivity contribution in [3.8, 4) is 0 Å². The van der Waals surface area contributed by atoms with Crippen LogP contribution in [0.15, 0.2) is 47.3 Å². The number of H-pyrrole nitrogens is 1. The molecule has 0 radical (unpaired) electrons. The van der Waals surface area contributed by atoms with Crippen LogP contribution in [-0.4, -0.2) is 52.7 Å². The third-order valence-corrected chi connectivity index (χ3v) is 6.84. The summed E-state index contributed by atoms with van der Waals surface area (Å²) >= 11 is 0. The van der Waals surface area contributed by atoms with Crippen LogP contribution in [0.25, 0.3) is 10.9 Å². The Labute approximate surface area is 209 Å². The van der Waals surface area contributed by atoms with Crippen LogP contribution in [0.2, 0.25) is 0 Å². The first-order valence-electron chi connectivity index (χ1n) is 12.3. The predicted molar refractivity (Wildman–Crippen MR) is 136 cm³/mol. The number of rotatable bonds is 7. The SMILES string of the molecule is COC(=O)c1cccc(C(=O)C2CCN(C(=O)C[C@@H](C)Cc3nc4c(C)cccc4c(=O)[nH]3)CC2)c1. The molecule has 0 saturated carbocycles. The van der Waals surface area contributed by atoms with Crippen molar-refractivity contribution < 1.29 is 19.1 Å². The first-order chi connectivity index (χ1) is 17.3. The molecular formula is C28H31N3O5. The number of hydrogen-bond donors (Lipinski definition) is 1. The molecule has 1 amide bonds. The molecule has 1 aliphatic heterocycles. The molecule has 4 rings (SSSR count). The molecule has 1 fully saturated rings. The number of benzene rings is 2. The van der Waals surface area contributed by atoms with Gasteiger partial charge in [-0.1, -0.05) is 31.2 Å². The van der Waals surface area contributed by atoms with Gasteiger partial charge in [-0.05, 0) is 49.4 Å². The van der Waals surface area contributed by atoms with Gasteiger partial charge in [-0.25, -0.2) is 9.78 Å². The maximum atomic E-state index is 13.0. The van der Waals surface area contributed by atoms with Gasteiger partial charge in [0, 0.05) is 37.4 Å². The standard InChI is InChI=1S/C28H31N3O5/c1-17(14-23-29-25-18(2)6-4-9-22(25)27(34)30-23)15-24(32)31-12-10-19(11-13-31)26(33)20-7-5-8-21(16-20)28(35)36-3/h4-9,16-17,19H,10-15H2,1-3H3,(H,29,30,34)/t17-/m0/s1. The van der Waals surface area contributed by atoms with Crippen molar-refractivity contribution in [2.45, 2.75) is 39.5 Å². The zero-order chi connectivity index (χ0) is 25.8. The van der Waals surface area contributed by atoms with E-state index in [9.17, 15) is 19.2 Å². The minimum atomic E-state index is -0.475. The third kappa shape index (κ3) is 5.53. The predicted octanol–water partition coefficient (Wildman–Crippen LogP) is 3.71. The third-order valence-electron chi connectivity index (χ3n) is 6.84. The average molecular weight is 490 g/mol. The van der Waals surface area contributed by atoms with Crippen LogP contribution in [0, 0.1) is 18.8 Å². The minimum Gasteiger partial charge on any atom is -0.465 e. The summed E-state index contributed by atoms with van der Waals surface area (Å²) in [6, 6.07) is 12.1. The second-order valence-electron chi connectivity index (χ2n) is 9.59. The summed E-state index contributed by atoms with van der Waals surface area (Å²) in [5.41, 5.74) is 2.31. The summed E-state index contributed by atoms with van der Waals surface area (Å²) in [5.74, 6) is -0.0434. The van der Waals surface area contributed by atoms with Crippen LogP contribution in [-0.2, 0) is 16.0 Å². The second-order valence-corrected chi connectivity index (χ2v) is 9.59. The molecule has 1 aliphatic rings. The van der Waals surface area contributed by atoms with E-state index in [1.807, 2.05) is 30.9 Å². The maximum absolute atomic E-state index is 13.0. The highest BCUT2D eigenvalue weighted by Gasteiger charge is 2.29. The highest BCUT2D eigenvalue weighted by Crippen LogP contribution is 2.24. The first-order valence-corrected chi connectivity index (χ1v) is 12.3. The van der Waals surface area contributed by atoms with Gasteiger partial charge >= 0.3 is 5.97 Å². The molecule has 188 valence electrons. The number of amides is 1. The number of carbonyl (C=O) groups excluding carboxylic acids is 3. The van der Waals surface area contributed by atoms with Crippen molar-refractivity contribution in [2.24, 2.45) is 11.8 Å². The van der Waals surface area contributed by atoms with Crippen molar-refractivity contribution in [1.82, 2.24) is 14.9 Å². The maximum Gasteiger partial charge on any atom is 0.337 e. The van der Waals surface area contributed by atoms with E-state index in [2.05, 4.69) is 9.97 Å². The molecule has 1 aromatic heterocycles. The average Bonchev–Trinajstić information content (AvgIpc) is 2.88. The Morgan fingerprint density at radius 2 is 1.81 bits per heavy atom. The van der Waals surface area contributed by atoms with E-state index in [0.717, 1.165) is 5.56 Å². The Kier molecular flexibility index (Phi) is 7.62. The van der Waals surface area contributed by atoms with E-state index in [0.29, 0.717) is 66.6 Å². The van der Waals surface area contributed by atoms with Crippen LogP contribution >= 0.6 is 0 Å². The molecule has 1 atom stereocenters. The molecule has 0 bridgehead atoms. The number of ketones is 1. The highest BCUT2D eigenvalue weighted by molar-refractivity contribution is 6.00. The number of nitrogens with zero attached hydrogens (tertiary/aromatic N) is 2. The molecule has 2 aromatic carbocycles. The van der Waals surface area contributed by atoms with Gasteiger partial charge in [0.25, 0.3) is 5.56 Å². The number of hydrogen-bond acceptors (Lipinski definition) is 6. The molecule has 1 N–H and O–H groups in total. The number of para-hydroxylation sites is 1. The lowest BCUT2D eigenvalue weighted by atomic mass is 9.88. The number of nitrogens with one attached hydrogen (secondary N) is 1. The summed E-state index contributed by atoms with van der Waals surface area (Å²) in [7, 11) is 1.31. The van der Waals surface area contributed by atoms with Gasteiger partial charge in [-0.3, -0.25) is 14.4 Å². The molecule has 3 aromatic rings. The number of piperidine rings is 1. The van der Waals surface area contributed by atoms with Gasteiger partial charge in [0.1, 0.15) is 5.82 Å². The largest absolute Gasteiger partial charge is 0.465 e. The molecule has 1 saturated heterocycles. The number of likely N-dealkylation sites (tertiary alicyclic amines) is 1. The molecule has 0 unspecified atom stereocenters. The van der Waals surface area contributed by atoms with Crippen LogP contribution in [0.5, 0.6) is 0 Å². The van der Waals surface area contributed by atoms with Crippen molar-refractivity contribution in [3.05, 3.63) is 75.3 Å². The quantitative estimate of drug-likeness (QED) is 0.400. The Balaban J connectivity index is 1.32. The van der Waals surface area contributed by atoms with Gasteiger partial charge < -0.3 is 14.6 Å². The first kappa shape index (κ1) is 25.3. The number of ether oxygens (including phenoxy) is 1. The summed E-state index contributed by atoms with van der Waals surface area (Å²) in [6.45, 7) is 4.94. The summed E-state index contributed by atoms with van der Waals surface area (Å²) in [4.78, 5) is 59.4. The number of carbonyl (C=O) groups is 3. The molecule has 2 heterocycles. The summed E-state index contributed by atoms with van der Waals surface area (Å²) in [6.07, 6.45) is 2.01. The molecule has 0 spiro atoms. The number of aromatic amines is 1. The lowest BCUT2D eigenvalue weighted by molar-refractivity contribution is -0.133. The molecule has 36 heavy (non-hydrogen) atoms. The monoisotopic (exact) mass is 489 g/mol. The van der Waals surface area contributed by atoms with E-state index >= 15 is 0 Å². The Morgan fingerprint density at radius 1 is 1.11 bits per heavy atom. The van der Waals surface area contributed by atoms with Crippen molar-refractivity contribution in [1.29, 1.82) is 0 Å². The number of aryl methyl sites for hydroxylation is 1. The number of aromatic nitrogens is 2. The van der Waals surface area contributed by atoms with Crippen molar-refractivity contribution in [3.63, 3.8) is 0 Å². The van der Waals surface area contributed by atoms with Gasteiger partial charge in [-0.2, -0.15) is 0 Å². The number of methoxy groups -OCH3 is 1. The van der Waals surface area contributed by atoms with Crippen molar-refractivity contribution in [2.75, 3.05) is 20.2 Å². The minimum absolute atomic E-state index is 0.00235. The number of Topliss-reactive ketones (excluding diaryl/α,β-unsaturated/α-hetero) is 1. The topological polar surface area (TPSA) is 109 Å². The van der Waals surface area contributed by atoms with E-state index < -0.39 is 5.97 Å². The lowest BCUT2D eigenvalue weighted by Crippen LogP contribution is -2.41. The lowest BCUT2D eigenvalue weighted by Gasteiger charge is -2.32. The van der Waals surface area contributed by atoms with Crippen LogP contribution in [0.3, 0.4) is 0 Å². The van der Waals surface area contributed by atoms with Crippen molar-refractivity contribution >= 4 is 28.6 Å². The molecule has 0 aliphatic carbocycles. The fourth-order valence-corrected chi connectivity index (χ4v) is 4.82. The van der Waals surface area contributed by atoms with Gasteiger partial charge in [0.05, 0.1) is 23.6 Å². The summed E-state index contributed by atoms with van der Waals surface area (Å²) in [5, 5.41) is 0.567. The molecular weight excluding hydrogens is 458 g/mol. The number of esters is 1. The molecule has 8 nitrogen and oxygen atoms in total. The van der Waals surface area contributed by atoms with E-state index in [1.165, 1.54) is 7.11 Å². The zero-order valence-electron chi connectivity index (χ0n) is 20.9. The fraction of sp³-hybridized carbons (Fsp3) is 0.393. The van der Waals surface area contributed by atoms with Gasteiger partial charge in [-0.15, -0.1) is 0 Å². The van der Waals surface area contributed by atoms with Crippen LogP contribution < -0.4 is 5.56 Å². The summed E-state index contributed by atoms with van der Waals surface area (Å²) < 4.78 is 4.74. The second kappa shape index (κ2) is 10.8. The fourth-order valence-electron chi connectivity index (χ4n) is 4.82. The number of fused-ring (bicyclic) bond motifs is 1. The van der Waals surface area contributed by atoms with Gasteiger partial charge in [0.2, 0.25) is 5.91 Å². The van der Waals surface area contributed by atoms with Gasteiger partial charge in [0.15, 0.2) is 5.78 Å². The molecule has 8 heteroatoms. The van der Waals surface area contributed by atoms with E-state index in [4.69, 9.17) is 4.74 Å². The zero-order valence-corrected chi connectivity index (χ0v) is 20.9. The van der Waals surface area contributed by atoms with E-state index in [1.54, 1.807) is 30.3 Å². The highest BCUT2D eigenvalue weighted by atomic mass is 16.5.